The van der Waals surface area contributed by atoms with Crippen LogP contribution in [0.4, 0.5) is 0 Å². The Morgan fingerprint density at radius 1 is 1.00 bits per heavy atom. The molecule has 1 aliphatic carbocycles. The van der Waals surface area contributed by atoms with Gasteiger partial charge in [0.05, 0.1) is 19.8 Å². The first kappa shape index (κ1) is 23.3. The van der Waals surface area contributed by atoms with Crippen molar-refractivity contribution < 1.29 is 29.3 Å². The fourth-order valence-electron chi connectivity index (χ4n) is 3.17. The molecule has 1 saturated carbocycles. The van der Waals surface area contributed by atoms with E-state index < -0.39 is 11.9 Å². The molecule has 0 aromatic heterocycles. The number of hydrogen-bond donors (Lipinski definition) is 4. The zero-order valence-electron chi connectivity index (χ0n) is 16.0. The van der Waals surface area contributed by atoms with Crippen molar-refractivity contribution in [1.82, 2.24) is 15.5 Å². The molecule has 0 atom stereocenters. The number of morpholine rings is 1. The molecule has 2 fully saturated rings. The summed E-state index contributed by atoms with van der Waals surface area (Å²) in [6.45, 7) is 7.14. The fraction of sp³-hybridized carbons (Fsp3) is 0.833. The van der Waals surface area contributed by atoms with Gasteiger partial charge < -0.3 is 25.6 Å². The third kappa shape index (κ3) is 12.3. The molecule has 0 unspecified atom stereocenters. The van der Waals surface area contributed by atoms with Crippen molar-refractivity contribution in [2.45, 2.75) is 38.5 Å². The highest BCUT2D eigenvalue weighted by Crippen LogP contribution is 2.22. The number of rotatable bonds is 8. The molecule has 0 aromatic rings. The van der Waals surface area contributed by atoms with Crippen molar-refractivity contribution in [1.29, 1.82) is 0 Å². The SMILES string of the molecule is O=C(CNCCCN1CCOCC1)NCC1CCCCC1.O=C(O)C(=O)O. The summed E-state index contributed by atoms with van der Waals surface area (Å²) >= 11 is 0. The summed E-state index contributed by atoms with van der Waals surface area (Å²) in [4.78, 5) is 32.4. The van der Waals surface area contributed by atoms with E-state index in [0.717, 1.165) is 52.4 Å². The summed E-state index contributed by atoms with van der Waals surface area (Å²) in [5.74, 6) is -2.79. The molecule has 27 heavy (non-hydrogen) atoms. The van der Waals surface area contributed by atoms with Gasteiger partial charge in [-0.05, 0) is 38.3 Å². The zero-order valence-corrected chi connectivity index (χ0v) is 16.0. The molecule has 4 N–H and O–H groups in total. The minimum Gasteiger partial charge on any atom is -0.473 e. The van der Waals surface area contributed by atoms with Crippen molar-refractivity contribution in [2.75, 3.05) is 52.5 Å². The monoisotopic (exact) mass is 387 g/mol. The Hall–Kier alpha value is -1.71. The van der Waals surface area contributed by atoms with Crippen LogP contribution in [0, 0.1) is 5.92 Å². The van der Waals surface area contributed by atoms with E-state index in [9.17, 15) is 4.79 Å². The van der Waals surface area contributed by atoms with Gasteiger partial charge in [0.25, 0.3) is 0 Å². The van der Waals surface area contributed by atoms with E-state index in [-0.39, 0.29) is 5.91 Å². The van der Waals surface area contributed by atoms with E-state index in [0.29, 0.717) is 12.5 Å². The molecule has 0 spiro atoms. The first-order chi connectivity index (χ1) is 13.0. The highest BCUT2D eigenvalue weighted by atomic mass is 16.5. The maximum absolute atomic E-state index is 11.7. The molecule has 1 aliphatic heterocycles. The minimum absolute atomic E-state index is 0.145. The van der Waals surface area contributed by atoms with Crippen LogP contribution in [0.1, 0.15) is 38.5 Å². The molecule has 156 valence electrons. The number of amides is 1. The molecule has 1 saturated heterocycles. The lowest BCUT2D eigenvalue weighted by Gasteiger charge is -2.26. The second kappa shape index (κ2) is 14.4. The largest absolute Gasteiger partial charge is 0.473 e. The Balaban J connectivity index is 0.000000527. The van der Waals surface area contributed by atoms with Gasteiger partial charge in [0.2, 0.25) is 5.91 Å². The number of aliphatic carboxylic acids is 2. The lowest BCUT2D eigenvalue weighted by Crippen LogP contribution is -2.39. The van der Waals surface area contributed by atoms with Gasteiger partial charge in [-0.1, -0.05) is 19.3 Å². The van der Waals surface area contributed by atoms with Gasteiger partial charge >= 0.3 is 11.9 Å². The van der Waals surface area contributed by atoms with Crippen LogP contribution < -0.4 is 10.6 Å². The summed E-state index contributed by atoms with van der Waals surface area (Å²) < 4.78 is 5.33. The average Bonchev–Trinajstić information content (AvgIpc) is 2.68. The normalized spacial score (nSPS) is 18.2. The van der Waals surface area contributed by atoms with Gasteiger partial charge in [-0.15, -0.1) is 0 Å². The van der Waals surface area contributed by atoms with Crippen LogP contribution in [0.5, 0.6) is 0 Å². The van der Waals surface area contributed by atoms with Crippen molar-refractivity contribution in [3.8, 4) is 0 Å². The number of carboxylic acids is 2. The van der Waals surface area contributed by atoms with E-state index in [2.05, 4.69) is 15.5 Å². The van der Waals surface area contributed by atoms with Gasteiger partial charge in [-0.25, -0.2) is 9.59 Å². The van der Waals surface area contributed by atoms with Gasteiger partial charge in [-0.3, -0.25) is 9.69 Å². The van der Waals surface area contributed by atoms with E-state index in [4.69, 9.17) is 24.5 Å². The molecule has 0 aromatic carbocycles. The summed E-state index contributed by atoms with van der Waals surface area (Å²) in [6, 6.07) is 0. The van der Waals surface area contributed by atoms with Crippen LogP contribution in [-0.4, -0.2) is 85.4 Å². The number of carbonyl (C=O) groups is 3. The van der Waals surface area contributed by atoms with E-state index in [1.54, 1.807) is 0 Å². The Morgan fingerprint density at radius 3 is 2.22 bits per heavy atom. The summed E-state index contributed by atoms with van der Waals surface area (Å²) in [7, 11) is 0. The standard InChI is InChI=1S/C16H31N3O2.C2H2O4/c20-16(18-13-15-5-2-1-3-6-15)14-17-7-4-8-19-9-11-21-12-10-19;3-1(4)2(5)6/h15,17H,1-14H2,(H,18,20);(H,3,4)(H,5,6). The molecule has 2 aliphatic rings. The molecule has 0 bridgehead atoms. The highest BCUT2D eigenvalue weighted by molar-refractivity contribution is 6.27. The van der Waals surface area contributed by atoms with E-state index in [1.807, 2.05) is 0 Å². The molecular formula is C18H33N3O6. The molecule has 9 nitrogen and oxygen atoms in total. The second-order valence-electron chi connectivity index (χ2n) is 6.90. The predicted octanol–water partition coefficient (Wildman–Crippen LogP) is 0.150. The van der Waals surface area contributed by atoms with Gasteiger partial charge in [-0.2, -0.15) is 0 Å². The topological polar surface area (TPSA) is 128 Å². The zero-order chi connectivity index (χ0) is 19.9. The van der Waals surface area contributed by atoms with Crippen LogP contribution in [0.15, 0.2) is 0 Å². The number of nitrogens with zero attached hydrogens (tertiary/aromatic N) is 1. The van der Waals surface area contributed by atoms with Gasteiger partial charge in [0.15, 0.2) is 0 Å². The quantitative estimate of drug-likeness (QED) is 0.342. The van der Waals surface area contributed by atoms with Crippen molar-refractivity contribution in [2.24, 2.45) is 5.92 Å². The first-order valence-electron chi connectivity index (χ1n) is 9.72. The van der Waals surface area contributed by atoms with Crippen LogP contribution in [0.3, 0.4) is 0 Å². The summed E-state index contributed by atoms with van der Waals surface area (Å²) in [5, 5.41) is 21.1. The molecular weight excluding hydrogens is 354 g/mol. The number of hydrogen-bond acceptors (Lipinski definition) is 6. The third-order valence-corrected chi connectivity index (χ3v) is 4.71. The molecule has 2 rings (SSSR count). The van der Waals surface area contributed by atoms with Crippen molar-refractivity contribution >= 4 is 17.8 Å². The Kier molecular flexibility index (Phi) is 12.4. The van der Waals surface area contributed by atoms with Crippen LogP contribution in [-0.2, 0) is 19.1 Å². The fourth-order valence-corrected chi connectivity index (χ4v) is 3.17. The lowest BCUT2D eigenvalue weighted by atomic mass is 9.89. The maximum Gasteiger partial charge on any atom is 0.414 e. The summed E-state index contributed by atoms with van der Waals surface area (Å²) in [6.07, 6.45) is 7.70. The second-order valence-corrected chi connectivity index (χ2v) is 6.90. The third-order valence-electron chi connectivity index (χ3n) is 4.71. The lowest BCUT2D eigenvalue weighted by molar-refractivity contribution is -0.159. The number of carbonyl (C=O) groups excluding carboxylic acids is 1. The predicted molar refractivity (Wildman–Crippen MR) is 99.6 cm³/mol. The smallest absolute Gasteiger partial charge is 0.414 e. The highest BCUT2D eigenvalue weighted by Gasteiger charge is 2.14. The van der Waals surface area contributed by atoms with Gasteiger partial charge in [0, 0.05) is 19.6 Å². The van der Waals surface area contributed by atoms with Crippen LogP contribution in [0.2, 0.25) is 0 Å². The Labute approximate surface area is 160 Å². The van der Waals surface area contributed by atoms with Crippen molar-refractivity contribution in [3.05, 3.63) is 0 Å². The van der Waals surface area contributed by atoms with Gasteiger partial charge in [0.1, 0.15) is 0 Å². The molecule has 9 heteroatoms. The summed E-state index contributed by atoms with van der Waals surface area (Å²) in [5.41, 5.74) is 0. The first-order valence-corrected chi connectivity index (χ1v) is 9.72. The van der Waals surface area contributed by atoms with E-state index >= 15 is 0 Å². The molecule has 0 radical (unpaired) electrons. The average molecular weight is 387 g/mol. The molecule has 1 amide bonds. The van der Waals surface area contributed by atoms with Crippen LogP contribution >= 0.6 is 0 Å². The number of nitrogens with one attached hydrogen (secondary N) is 2. The number of ether oxygens (including phenoxy) is 1. The Bertz CT molecular complexity index is 436. The molecule has 1 heterocycles. The van der Waals surface area contributed by atoms with Crippen molar-refractivity contribution in [3.63, 3.8) is 0 Å². The van der Waals surface area contributed by atoms with E-state index in [1.165, 1.54) is 32.1 Å². The number of carboxylic acid groups (broad SMARTS) is 2. The Morgan fingerprint density at radius 2 is 1.63 bits per heavy atom. The maximum atomic E-state index is 11.7. The minimum atomic E-state index is -1.82. The van der Waals surface area contributed by atoms with Crippen LogP contribution in [0.25, 0.3) is 0 Å².